The van der Waals surface area contributed by atoms with E-state index in [4.69, 9.17) is 35.4 Å². The first-order chi connectivity index (χ1) is 10.5. The molecule has 0 saturated heterocycles. The number of aryl methyl sites for hydroxylation is 1. The number of aromatic hydroxyl groups is 1. The van der Waals surface area contributed by atoms with Crippen LogP contribution in [0.5, 0.6) is 5.75 Å². The van der Waals surface area contributed by atoms with Crippen LogP contribution in [0.3, 0.4) is 0 Å². The van der Waals surface area contributed by atoms with E-state index in [1.807, 2.05) is 31.2 Å². The Morgan fingerprint density at radius 2 is 1.91 bits per heavy atom. The zero-order valence-corrected chi connectivity index (χ0v) is 13.9. The van der Waals surface area contributed by atoms with E-state index < -0.39 is 0 Å². The number of hydrogen-bond donors (Lipinski definition) is 3. The minimum atomic E-state index is -0.0889. The molecule has 2 aromatic carbocycles. The maximum atomic E-state index is 9.79. The molecule has 2 aromatic rings. The highest BCUT2D eigenvalue weighted by Crippen LogP contribution is 2.29. The van der Waals surface area contributed by atoms with Crippen molar-refractivity contribution in [1.29, 1.82) is 0 Å². The van der Waals surface area contributed by atoms with Crippen LogP contribution in [0.1, 0.15) is 11.1 Å². The molecule has 0 aliphatic rings. The molecule has 4 nitrogen and oxygen atoms in total. The Hall–Kier alpha value is -1.82. The van der Waals surface area contributed by atoms with Crippen LogP contribution in [-0.4, -0.2) is 16.4 Å². The largest absolute Gasteiger partial charge is 0.506 e. The Bertz CT molecular complexity index is 717. The predicted octanol–water partition coefficient (Wildman–Crippen LogP) is 4.33. The standard InChI is InChI=1S/C15H13Cl2N3OS/c1-9-2-4-12(5-3-9)19-15(22)20-18-8-10-6-11(16)7-13(17)14(10)21/h2-8,21H,1H3,(H2,19,20,22)/b18-8+. The number of thiocarbonyl (C=S) groups is 1. The van der Waals surface area contributed by atoms with Gasteiger partial charge in [-0.1, -0.05) is 40.9 Å². The third-order valence-electron chi connectivity index (χ3n) is 2.74. The number of phenolic OH excluding ortho intramolecular Hbond substituents is 1. The fourth-order valence-corrected chi connectivity index (χ4v) is 2.32. The SMILES string of the molecule is Cc1ccc(NC(=S)N/N=C/c2cc(Cl)cc(Cl)c2O)cc1. The average molecular weight is 354 g/mol. The van der Waals surface area contributed by atoms with Gasteiger partial charge in [0.25, 0.3) is 0 Å². The van der Waals surface area contributed by atoms with Crippen LogP contribution in [0.25, 0.3) is 0 Å². The molecule has 7 heteroatoms. The summed E-state index contributed by atoms with van der Waals surface area (Å²) in [4.78, 5) is 0. The van der Waals surface area contributed by atoms with Crippen molar-refractivity contribution in [3.63, 3.8) is 0 Å². The number of anilines is 1. The Balaban J connectivity index is 1.97. The number of benzene rings is 2. The third kappa shape index (κ3) is 4.59. The Kier molecular flexibility index (Phi) is 5.60. The first-order valence-electron chi connectivity index (χ1n) is 6.30. The molecule has 0 heterocycles. The summed E-state index contributed by atoms with van der Waals surface area (Å²) < 4.78 is 0. The molecular formula is C15H13Cl2N3OS. The second-order valence-electron chi connectivity index (χ2n) is 4.52. The maximum Gasteiger partial charge on any atom is 0.191 e. The fraction of sp³-hybridized carbons (Fsp3) is 0.0667. The Morgan fingerprint density at radius 3 is 2.59 bits per heavy atom. The first-order valence-corrected chi connectivity index (χ1v) is 7.47. The number of rotatable bonds is 3. The third-order valence-corrected chi connectivity index (χ3v) is 3.44. The summed E-state index contributed by atoms with van der Waals surface area (Å²) in [7, 11) is 0. The summed E-state index contributed by atoms with van der Waals surface area (Å²) in [5.74, 6) is -0.0889. The zero-order valence-electron chi connectivity index (χ0n) is 11.6. The summed E-state index contributed by atoms with van der Waals surface area (Å²) in [6.07, 6.45) is 1.39. The van der Waals surface area contributed by atoms with Gasteiger partial charge in [-0.3, -0.25) is 5.43 Å². The molecule has 0 saturated carbocycles. The molecule has 0 aliphatic heterocycles. The highest BCUT2D eigenvalue weighted by molar-refractivity contribution is 7.80. The second-order valence-corrected chi connectivity index (χ2v) is 5.77. The van der Waals surface area contributed by atoms with Crippen molar-refractivity contribution in [2.24, 2.45) is 5.10 Å². The molecule has 0 unspecified atom stereocenters. The van der Waals surface area contributed by atoms with E-state index in [9.17, 15) is 5.11 Å². The summed E-state index contributed by atoms with van der Waals surface area (Å²) >= 11 is 16.8. The van der Waals surface area contributed by atoms with Crippen molar-refractivity contribution < 1.29 is 5.11 Å². The van der Waals surface area contributed by atoms with Gasteiger partial charge < -0.3 is 10.4 Å². The van der Waals surface area contributed by atoms with Crippen molar-refractivity contribution in [2.45, 2.75) is 6.92 Å². The molecule has 0 aromatic heterocycles. The van der Waals surface area contributed by atoms with Gasteiger partial charge in [-0.2, -0.15) is 5.10 Å². The van der Waals surface area contributed by atoms with Crippen LogP contribution >= 0.6 is 35.4 Å². The molecular weight excluding hydrogens is 341 g/mol. The quantitative estimate of drug-likeness (QED) is 0.436. The number of halogens is 2. The van der Waals surface area contributed by atoms with Crippen LogP contribution in [0, 0.1) is 6.92 Å². The Labute approximate surface area is 143 Å². The zero-order chi connectivity index (χ0) is 16.1. The van der Waals surface area contributed by atoms with Crippen LogP contribution < -0.4 is 10.7 Å². The van der Waals surface area contributed by atoms with Crippen LogP contribution in [-0.2, 0) is 0 Å². The van der Waals surface area contributed by atoms with Gasteiger partial charge in [0, 0.05) is 16.3 Å². The lowest BCUT2D eigenvalue weighted by atomic mass is 10.2. The number of hydrogen-bond acceptors (Lipinski definition) is 3. The lowest BCUT2D eigenvalue weighted by Crippen LogP contribution is -2.23. The predicted molar refractivity (Wildman–Crippen MR) is 96.3 cm³/mol. The van der Waals surface area contributed by atoms with E-state index in [2.05, 4.69) is 15.8 Å². The summed E-state index contributed by atoms with van der Waals surface area (Å²) in [5, 5.41) is 17.6. The van der Waals surface area contributed by atoms with E-state index in [1.54, 1.807) is 6.07 Å². The van der Waals surface area contributed by atoms with E-state index in [1.165, 1.54) is 12.3 Å². The lowest BCUT2D eigenvalue weighted by molar-refractivity contribution is 0.474. The number of nitrogens with one attached hydrogen (secondary N) is 2. The molecule has 0 bridgehead atoms. The first kappa shape index (κ1) is 16.5. The summed E-state index contributed by atoms with van der Waals surface area (Å²) in [6, 6.07) is 10.8. The van der Waals surface area contributed by atoms with E-state index in [0.717, 1.165) is 11.3 Å². The van der Waals surface area contributed by atoms with Gasteiger partial charge in [0.2, 0.25) is 0 Å². The van der Waals surface area contributed by atoms with E-state index in [-0.39, 0.29) is 10.8 Å². The molecule has 0 atom stereocenters. The van der Waals surface area contributed by atoms with Crippen molar-refractivity contribution in [2.75, 3.05) is 5.32 Å². The molecule has 3 N–H and O–H groups in total. The monoisotopic (exact) mass is 353 g/mol. The van der Waals surface area contributed by atoms with Gasteiger partial charge in [0.05, 0.1) is 11.2 Å². The van der Waals surface area contributed by atoms with Gasteiger partial charge in [-0.15, -0.1) is 0 Å². The smallest absolute Gasteiger partial charge is 0.191 e. The maximum absolute atomic E-state index is 9.79. The highest BCUT2D eigenvalue weighted by Gasteiger charge is 2.05. The molecule has 0 aliphatic carbocycles. The number of phenols is 1. The minimum absolute atomic E-state index is 0.0889. The Morgan fingerprint density at radius 1 is 1.23 bits per heavy atom. The fourth-order valence-electron chi connectivity index (χ4n) is 1.64. The molecule has 0 radical (unpaired) electrons. The van der Waals surface area contributed by atoms with Gasteiger partial charge in [0.1, 0.15) is 5.75 Å². The van der Waals surface area contributed by atoms with Crippen molar-refractivity contribution in [3.8, 4) is 5.75 Å². The lowest BCUT2D eigenvalue weighted by Gasteiger charge is -2.07. The van der Waals surface area contributed by atoms with Crippen molar-refractivity contribution in [3.05, 3.63) is 57.6 Å². The second kappa shape index (κ2) is 7.45. The van der Waals surface area contributed by atoms with Gasteiger partial charge in [0.15, 0.2) is 5.11 Å². The van der Waals surface area contributed by atoms with E-state index in [0.29, 0.717) is 15.7 Å². The van der Waals surface area contributed by atoms with Gasteiger partial charge in [-0.25, -0.2) is 0 Å². The van der Waals surface area contributed by atoms with Crippen LogP contribution in [0.15, 0.2) is 41.5 Å². The van der Waals surface area contributed by atoms with Gasteiger partial charge >= 0.3 is 0 Å². The highest BCUT2D eigenvalue weighted by atomic mass is 35.5. The molecule has 114 valence electrons. The van der Waals surface area contributed by atoms with Crippen molar-refractivity contribution >= 4 is 52.4 Å². The number of nitrogens with zero attached hydrogens (tertiary/aromatic N) is 1. The molecule has 0 amide bonds. The number of hydrazone groups is 1. The van der Waals surface area contributed by atoms with E-state index >= 15 is 0 Å². The average Bonchev–Trinajstić information content (AvgIpc) is 2.46. The topological polar surface area (TPSA) is 56.7 Å². The molecule has 0 fully saturated rings. The normalized spacial score (nSPS) is 10.7. The van der Waals surface area contributed by atoms with Crippen LogP contribution in [0.4, 0.5) is 5.69 Å². The van der Waals surface area contributed by atoms with Gasteiger partial charge in [-0.05, 0) is 43.4 Å². The molecule has 0 spiro atoms. The minimum Gasteiger partial charge on any atom is -0.506 e. The van der Waals surface area contributed by atoms with Crippen molar-refractivity contribution in [1.82, 2.24) is 5.43 Å². The molecule has 22 heavy (non-hydrogen) atoms. The van der Waals surface area contributed by atoms with Crippen LogP contribution in [0.2, 0.25) is 10.0 Å². The molecule has 2 rings (SSSR count). The summed E-state index contributed by atoms with van der Waals surface area (Å²) in [6.45, 7) is 2.01. The summed E-state index contributed by atoms with van der Waals surface area (Å²) in [5.41, 5.74) is 5.06.